The highest BCUT2D eigenvalue weighted by molar-refractivity contribution is 5.17. The molecule has 0 heterocycles. The molecule has 0 aromatic heterocycles. The molecule has 0 unspecified atom stereocenters. The van der Waals surface area contributed by atoms with Crippen LogP contribution in [-0.4, -0.2) is 19.8 Å². The van der Waals surface area contributed by atoms with E-state index in [9.17, 15) is 0 Å². The monoisotopic (exact) mass is 182 g/mol. The average molecular weight is 182 g/mol. The lowest BCUT2D eigenvalue weighted by atomic mass is 9.72. The van der Waals surface area contributed by atoms with Crippen molar-refractivity contribution in [3.8, 4) is 0 Å². The second-order valence-corrected chi connectivity index (χ2v) is 4.17. The van der Waals surface area contributed by atoms with Gasteiger partial charge in [0.15, 0.2) is 0 Å². The smallest absolute Gasteiger partial charge is 0.124 e. The molecule has 2 bridgehead atoms. The van der Waals surface area contributed by atoms with Crippen molar-refractivity contribution in [2.75, 3.05) is 14.2 Å². The predicted octanol–water partition coefficient (Wildman–Crippen LogP) is 2.50. The fraction of sp³-hybridized carbons (Fsp3) is 0.818. The Morgan fingerprint density at radius 1 is 1.46 bits per heavy atom. The van der Waals surface area contributed by atoms with Gasteiger partial charge in [0.25, 0.3) is 0 Å². The van der Waals surface area contributed by atoms with E-state index in [-0.39, 0.29) is 5.60 Å². The van der Waals surface area contributed by atoms with Crippen molar-refractivity contribution in [1.82, 2.24) is 0 Å². The molecule has 1 saturated carbocycles. The van der Waals surface area contributed by atoms with Crippen LogP contribution >= 0.6 is 0 Å². The predicted molar refractivity (Wildman–Crippen MR) is 51.4 cm³/mol. The van der Waals surface area contributed by atoms with Crippen molar-refractivity contribution in [3.05, 3.63) is 11.8 Å². The summed E-state index contributed by atoms with van der Waals surface area (Å²) in [5.41, 5.74) is -0.0735. The van der Waals surface area contributed by atoms with Gasteiger partial charge in [0.05, 0.1) is 7.11 Å². The van der Waals surface area contributed by atoms with E-state index in [2.05, 4.69) is 6.08 Å². The minimum Gasteiger partial charge on any atom is -0.498 e. The van der Waals surface area contributed by atoms with E-state index in [1.807, 2.05) is 0 Å². The third-order valence-corrected chi connectivity index (χ3v) is 3.51. The zero-order chi connectivity index (χ0) is 9.31. The molecule has 0 aliphatic heterocycles. The molecule has 2 heteroatoms. The summed E-state index contributed by atoms with van der Waals surface area (Å²) in [5, 5.41) is 0. The Kier molecular flexibility index (Phi) is 2.33. The van der Waals surface area contributed by atoms with Crippen molar-refractivity contribution in [2.24, 2.45) is 5.92 Å². The highest BCUT2D eigenvalue weighted by atomic mass is 16.5. The molecule has 2 nitrogen and oxygen atoms in total. The molecule has 2 aliphatic rings. The second-order valence-electron chi connectivity index (χ2n) is 4.17. The summed E-state index contributed by atoms with van der Waals surface area (Å²) in [7, 11) is 3.56. The quantitative estimate of drug-likeness (QED) is 0.653. The first-order valence-electron chi connectivity index (χ1n) is 5.10. The van der Waals surface area contributed by atoms with E-state index in [0.29, 0.717) is 0 Å². The molecule has 2 atom stereocenters. The molecule has 0 aromatic carbocycles. The molecule has 13 heavy (non-hydrogen) atoms. The standard InChI is InChI=1S/C11H18O2/c1-12-10-6-5-9-4-3-7-11(10,8-9)13-2/h6,9H,3-5,7-8H2,1-2H3/t9-,11+/m1/s1. The van der Waals surface area contributed by atoms with Crippen molar-refractivity contribution < 1.29 is 9.47 Å². The summed E-state index contributed by atoms with van der Waals surface area (Å²) in [6.45, 7) is 0. The zero-order valence-electron chi connectivity index (χ0n) is 8.51. The topological polar surface area (TPSA) is 18.5 Å². The van der Waals surface area contributed by atoms with E-state index in [1.165, 1.54) is 19.3 Å². The Hall–Kier alpha value is -0.500. The van der Waals surface area contributed by atoms with Gasteiger partial charge in [0.2, 0.25) is 0 Å². The van der Waals surface area contributed by atoms with Crippen LogP contribution in [0.25, 0.3) is 0 Å². The second kappa shape index (κ2) is 3.33. The van der Waals surface area contributed by atoms with Gasteiger partial charge in [-0.1, -0.05) is 0 Å². The zero-order valence-corrected chi connectivity index (χ0v) is 8.51. The van der Waals surface area contributed by atoms with Crippen LogP contribution in [0.5, 0.6) is 0 Å². The Bertz CT molecular complexity index is 222. The normalized spacial score (nSPS) is 38.3. The van der Waals surface area contributed by atoms with Gasteiger partial charge in [0, 0.05) is 7.11 Å². The molecule has 2 aliphatic carbocycles. The highest BCUT2D eigenvalue weighted by Crippen LogP contribution is 2.45. The van der Waals surface area contributed by atoms with Crippen LogP contribution in [0, 0.1) is 5.92 Å². The van der Waals surface area contributed by atoms with E-state index >= 15 is 0 Å². The van der Waals surface area contributed by atoms with Gasteiger partial charge in [0.1, 0.15) is 11.4 Å². The van der Waals surface area contributed by atoms with Crippen LogP contribution in [0.2, 0.25) is 0 Å². The molecule has 74 valence electrons. The molecule has 2 rings (SSSR count). The molecule has 0 aromatic rings. The number of methoxy groups -OCH3 is 2. The fourth-order valence-corrected chi connectivity index (χ4v) is 2.79. The third-order valence-electron chi connectivity index (χ3n) is 3.51. The summed E-state index contributed by atoms with van der Waals surface area (Å²) in [4.78, 5) is 0. The van der Waals surface area contributed by atoms with Crippen molar-refractivity contribution >= 4 is 0 Å². The Labute approximate surface area is 79.9 Å². The van der Waals surface area contributed by atoms with Crippen LogP contribution < -0.4 is 0 Å². The lowest BCUT2D eigenvalue weighted by Gasteiger charge is -2.43. The lowest BCUT2D eigenvalue weighted by Crippen LogP contribution is -2.42. The van der Waals surface area contributed by atoms with Crippen LogP contribution in [0.4, 0.5) is 0 Å². The minimum absolute atomic E-state index is 0.0735. The largest absolute Gasteiger partial charge is 0.498 e. The van der Waals surface area contributed by atoms with E-state index < -0.39 is 0 Å². The number of rotatable bonds is 2. The first kappa shape index (κ1) is 9.07. The summed E-state index contributed by atoms with van der Waals surface area (Å²) in [6.07, 6.45) is 8.31. The first-order chi connectivity index (χ1) is 6.30. The third kappa shape index (κ3) is 1.37. The van der Waals surface area contributed by atoms with Gasteiger partial charge in [-0.2, -0.15) is 0 Å². The van der Waals surface area contributed by atoms with Gasteiger partial charge in [-0.3, -0.25) is 0 Å². The van der Waals surface area contributed by atoms with Crippen LogP contribution in [0.1, 0.15) is 32.1 Å². The molecule has 0 saturated heterocycles. The first-order valence-corrected chi connectivity index (χ1v) is 5.10. The molecule has 0 spiro atoms. The number of fused-ring (bicyclic) bond motifs is 2. The van der Waals surface area contributed by atoms with Crippen LogP contribution in [0.15, 0.2) is 11.8 Å². The molecule has 0 radical (unpaired) electrons. The van der Waals surface area contributed by atoms with Crippen molar-refractivity contribution in [1.29, 1.82) is 0 Å². The molecule has 0 amide bonds. The van der Waals surface area contributed by atoms with E-state index in [4.69, 9.17) is 9.47 Å². The number of hydrogen-bond acceptors (Lipinski definition) is 2. The van der Waals surface area contributed by atoms with Gasteiger partial charge in [-0.15, -0.1) is 0 Å². The molecule has 1 fully saturated rings. The Balaban J connectivity index is 2.26. The molecular formula is C11H18O2. The molecule has 0 N–H and O–H groups in total. The number of hydrogen-bond donors (Lipinski definition) is 0. The summed E-state index contributed by atoms with van der Waals surface area (Å²) >= 11 is 0. The Morgan fingerprint density at radius 3 is 3.00 bits per heavy atom. The number of ether oxygens (including phenoxy) is 2. The minimum atomic E-state index is -0.0735. The SMILES string of the molecule is COC1=CC[C@H]2CCC[C@]1(OC)C2. The summed E-state index contributed by atoms with van der Waals surface area (Å²) in [5.74, 6) is 1.89. The van der Waals surface area contributed by atoms with E-state index in [1.54, 1.807) is 14.2 Å². The maximum atomic E-state index is 5.66. The average Bonchev–Trinajstić information content (AvgIpc) is 2.18. The van der Waals surface area contributed by atoms with Crippen molar-refractivity contribution in [2.45, 2.75) is 37.7 Å². The van der Waals surface area contributed by atoms with E-state index in [0.717, 1.165) is 24.5 Å². The van der Waals surface area contributed by atoms with Crippen LogP contribution in [0.3, 0.4) is 0 Å². The van der Waals surface area contributed by atoms with Gasteiger partial charge >= 0.3 is 0 Å². The van der Waals surface area contributed by atoms with Crippen molar-refractivity contribution in [3.63, 3.8) is 0 Å². The van der Waals surface area contributed by atoms with Gasteiger partial charge in [-0.25, -0.2) is 0 Å². The summed E-state index contributed by atoms with van der Waals surface area (Å²) < 4.78 is 11.1. The van der Waals surface area contributed by atoms with Crippen LogP contribution in [-0.2, 0) is 9.47 Å². The summed E-state index contributed by atoms with van der Waals surface area (Å²) in [6, 6.07) is 0. The lowest BCUT2D eigenvalue weighted by molar-refractivity contribution is -0.0658. The maximum Gasteiger partial charge on any atom is 0.124 e. The number of allylic oxidation sites excluding steroid dienone is 1. The fourth-order valence-electron chi connectivity index (χ4n) is 2.79. The van der Waals surface area contributed by atoms with Gasteiger partial charge < -0.3 is 9.47 Å². The molecular weight excluding hydrogens is 164 g/mol. The maximum absolute atomic E-state index is 5.66. The van der Waals surface area contributed by atoms with Gasteiger partial charge in [-0.05, 0) is 44.1 Å². The Morgan fingerprint density at radius 2 is 2.31 bits per heavy atom. The highest BCUT2D eigenvalue weighted by Gasteiger charge is 2.43.